The summed E-state index contributed by atoms with van der Waals surface area (Å²) in [4.78, 5) is 17.1. The Balaban J connectivity index is 1.92. The van der Waals surface area contributed by atoms with Gasteiger partial charge < -0.3 is 9.88 Å². The highest BCUT2D eigenvalue weighted by Crippen LogP contribution is 2.32. The molecule has 0 radical (unpaired) electrons. The van der Waals surface area contributed by atoms with Crippen LogP contribution in [0.5, 0.6) is 0 Å². The monoisotopic (exact) mass is 346 g/mol. The van der Waals surface area contributed by atoms with Crippen molar-refractivity contribution in [3.8, 4) is 11.4 Å². The van der Waals surface area contributed by atoms with Crippen molar-refractivity contribution in [3.63, 3.8) is 0 Å². The number of rotatable bonds is 1. The summed E-state index contributed by atoms with van der Waals surface area (Å²) in [5.41, 5.74) is 1.32. The van der Waals surface area contributed by atoms with Gasteiger partial charge in [-0.3, -0.25) is 4.68 Å². The summed E-state index contributed by atoms with van der Waals surface area (Å²) >= 11 is 3.56. The van der Waals surface area contributed by atoms with Gasteiger partial charge >= 0.3 is 0 Å². The van der Waals surface area contributed by atoms with Gasteiger partial charge in [-0.2, -0.15) is 15.0 Å². The first-order chi connectivity index (χ1) is 10.2. The minimum atomic E-state index is 0.355. The predicted octanol–water partition coefficient (Wildman–Crippen LogP) is 0.932. The molecule has 0 aromatic carbocycles. The third kappa shape index (κ3) is 2.09. The average molecular weight is 347 g/mol. The first kappa shape index (κ1) is 12.5. The van der Waals surface area contributed by atoms with Crippen molar-refractivity contribution in [1.82, 2.24) is 29.3 Å². The number of halogens is 1. The van der Waals surface area contributed by atoms with Crippen molar-refractivity contribution in [2.45, 2.75) is 6.54 Å². The molecule has 0 bridgehead atoms. The zero-order chi connectivity index (χ0) is 14.4. The van der Waals surface area contributed by atoms with Crippen LogP contribution in [-0.4, -0.2) is 35.8 Å². The second-order valence-electron chi connectivity index (χ2n) is 4.70. The number of nitrogens with one attached hydrogen (secondary N) is 1. The van der Waals surface area contributed by atoms with Crippen LogP contribution in [0.1, 0.15) is 0 Å². The van der Waals surface area contributed by atoms with Crippen LogP contribution in [0.15, 0.2) is 28.1 Å². The molecule has 3 aliphatic heterocycles. The summed E-state index contributed by atoms with van der Waals surface area (Å²) in [6, 6.07) is 2.00. The number of nitrogens with zero attached hydrogens (tertiary/aromatic N) is 7. The topological polar surface area (TPSA) is 85.8 Å². The van der Waals surface area contributed by atoms with Gasteiger partial charge in [-0.15, -0.1) is 5.10 Å². The molecule has 4 heterocycles. The van der Waals surface area contributed by atoms with Gasteiger partial charge in [0, 0.05) is 31.9 Å². The second-order valence-corrected chi connectivity index (χ2v) is 5.55. The van der Waals surface area contributed by atoms with Crippen LogP contribution in [0.4, 0.5) is 11.8 Å². The average Bonchev–Trinajstić information content (AvgIpc) is 3.09. The van der Waals surface area contributed by atoms with Gasteiger partial charge in [0.2, 0.25) is 0 Å². The van der Waals surface area contributed by atoms with Crippen LogP contribution in [0.2, 0.25) is 0 Å². The number of anilines is 1. The maximum atomic E-state index is 4.53. The summed E-state index contributed by atoms with van der Waals surface area (Å²) in [5, 5.41) is 7.43. The molecular formula is C12H11BrN8. The number of hydrogen-bond acceptors (Lipinski definition) is 6. The molecule has 9 heteroatoms. The van der Waals surface area contributed by atoms with Crippen LogP contribution < -0.4 is 10.9 Å². The first-order valence-electron chi connectivity index (χ1n) is 6.41. The number of hydrogen-bond donors (Lipinski definition) is 1. The Hall–Kier alpha value is -2.29. The number of aryl methyl sites for hydroxylation is 1. The minimum Gasteiger partial charge on any atom is -0.369 e. The van der Waals surface area contributed by atoms with Crippen LogP contribution in [0.25, 0.3) is 11.4 Å². The Labute approximate surface area is 128 Å². The lowest BCUT2D eigenvalue weighted by molar-refractivity contribution is 0.761. The van der Waals surface area contributed by atoms with E-state index in [9.17, 15) is 0 Å². The van der Waals surface area contributed by atoms with Gasteiger partial charge in [0.05, 0.1) is 4.47 Å². The lowest BCUT2D eigenvalue weighted by Crippen LogP contribution is -2.17. The van der Waals surface area contributed by atoms with E-state index in [1.54, 1.807) is 24.3 Å². The van der Waals surface area contributed by atoms with E-state index in [0.29, 0.717) is 11.6 Å². The van der Waals surface area contributed by atoms with Crippen molar-refractivity contribution in [3.05, 3.63) is 28.7 Å². The standard InChI is InChI=1S/C12H11BrN8/c1-20-6-16-12(19-20)18-11-15-5-7-4-8(13)10-14-2-3-21(10)9(7)17-11/h4-6,14H,2-3H2,1H3/b18-11-. The number of pyridine rings is 1. The molecule has 0 fully saturated rings. The molecule has 3 aliphatic rings. The molecule has 0 amide bonds. The van der Waals surface area contributed by atoms with Gasteiger partial charge in [0.1, 0.15) is 18.0 Å². The Morgan fingerprint density at radius 1 is 1.38 bits per heavy atom. The van der Waals surface area contributed by atoms with Crippen molar-refractivity contribution in [2.75, 3.05) is 11.9 Å². The second kappa shape index (κ2) is 4.62. The first-order valence-corrected chi connectivity index (χ1v) is 7.20. The van der Waals surface area contributed by atoms with Crippen molar-refractivity contribution >= 4 is 27.7 Å². The molecule has 0 saturated carbocycles. The Kier molecular flexibility index (Phi) is 2.74. The number of fused-ring (bicyclic) bond motifs is 3. The third-order valence-corrected chi connectivity index (χ3v) is 3.84. The summed E-state index contributed by atoms with van der Waals surface area (Å²) in [7, 11) is 1.79. The largest absolute Gasteiger partial charge is 0.369 e. The van der Waals surface area contributed by atoms with Crippen LogP contribution in [0.3, 0.4) is 0 Å². The molecule has 4 rings (SSSR count). The molecule has 0 spiro atoms. The van der Waals surface area contributed by atoms with Crippen LogP contribution in [0, 0.1) is 0 Å². The molecule has 8 nitrogen and oxygen atoms in total. The van der Waals surface area contributed by atoms with E-state index in [1.807, 2.05) is 6.07 Å². The smallest absolute Gasteiger partial charge is 0.271 e. The van der Waals surface area contributed by atoms with Crippen molar-refractivity contribution in [2.24, 2.45) is 12.0 Å². The van der Waals surface area contributed by atoms with E-state index < -0.39 is 0 Å². The van der Waals surface area contributed by atoms with E-state index in [1.165, 1.54) is 0 Å². The van der Waals surface area contributed by atoms with Gasteiger partial charge in [0.15, 0.2) is 0 Å². The summed E-state index contributed by atoms with van der Waals surface area (Å²) in [6.45, 7) is 1.75. The summed E-state index contributed by atoms with van der Waals surface area (Å²) in [6.07, 6.45) is 3.35. The van der Waals surface area contributed by atoms with Gasteiger partial charge in [0.25, 0.3) is 11.6 Å². The Morgan fingerprint density at radius 3 is 3.10 bits per heavy atom. The van der Waals surface area contributed by atoms with E-state index in [0.717, 1.165) is 34.8 Å². The van der Waals surface area contributed by atoms with Gasteiger partial charge in [-0.25, -0.2) is 4.98 Å². The van der Waals surface area contributed by atoms with Crippen LogP contribution in [-0.2, 0) is 13.6 Å². The van der Waals surface area contributed by atoms with E-state index in [2.05, 4.69) is 50.9 Å². The highest BCUT2D eigenvalue weighted by atomic mass is 79.9. The quantitative estimate of drug-likeness (QED) is 0.708. The van der Waals surface area contributed by atoms with E-state index in [-0.39, 0.29) is 0 Å². The molecule has 0 unspecified atom stereocenters. The molecular weight excluding hydrogens is 336 g/mol. The van der Waals surface area contributed by atoms with Crippen molar-refractivity contribution < 1.29 is 0 Å². The fraction of sp³-hybridized carbons (Fsp3) is 0.250. The maximum absolute atomic E-state index is 4.53. The summed E-state index contributed by atoms with van der Waals surface area (Å²) < 4.78 is 4.71. The molecule has 1 N–H and O–H groups in total. The molecule has 21 heavy (non-hydrogen) atoms. The van der Waals surface area contributed by atoms with E-state index in [4.69, 9.17) is 0 Å². The molecule has 106 valence electrons. The van der Waals surface area contributed by atoms with Gasteiger partial charge in [-0.1, -0.05) is 0 Å². The molecule has 0 atom stereocenters. The highest BCUT2D eigenvalue weighted by molar-refractivity contribution is 9.10. The Morgan fingerprint density at radius 2 is 2.29 bits per heavy atom. The third-order valence-electron chi connectivity index (χ3n) is 3.23. The zero-order valence-electron chi connectivity index (χ0n) is 11.2. The fourth-order valence-electron chi connectivity index (χ4n) is 2.34. The van der Waals surface area contributed by atoms with Crippen LogP contribution >= 0.6 is 15.9 Å². The molecule has 1 aromatic rings. The fourth-order valence-corrected chi connectivity index (χ4v) is 2.94. The summed E-state index contributed by atoms with van der Waals surface area (Å²) in [5.74, 6) is 2.24. The molecule has 0 aliphatic carbocycles. The van der Waals surface area contributed by atoms with Gasteiger partial charge in [-0.05, 0) is 22.0 Å². The number of aromatic nitrogens is 6. The van der Waals surface area contributed by atoms with Crippen molar-refractivity contribution in [1.29, 1.82) is 0 Å². The normalized spacial score (nSPS) is 14.5. The Bertz CT molecular complexity index is 864. The zero-order valence-corrected chi connectivity index (χ0v) is 12.7. The molecule has 0 saturated heterocycles. The maximum Gasteiger partial charge on any atom is 0.271 e. The highest BCUT2D eigenvalue weighted by Gasteiger charge is 2.19. The lowest BCUT2D eigenvalue weighted by Gasteiger charge is -2.13. The predicted molar refractivity (Wildman–Crippen MR) is 79.1 cm³/mol. The molecule has 1 aromatic heterocycles. The minimum absolute atomic E-state index is 0.355. The SMILES string of the molecule is Cn1cnc(/N=c2/ncc3cc(Br)c4n(c-3n2)CCN4)n1. The lowest BCUT2D eigenvalue weighted by atomic mass is 10.2. The van der Waals surface area contributed by atoms with E-state index >= 15 is 0 Å².